The number of amides is 1. The summed E-state index contributed by atoms with van der Waals surface area (Å²) >= 11 is 0. The van der Waals surface area contributed by atoms with E-state index in [0.29, 0.717) is 6.41 Å². The summed E-state index contributed by atoms with van der Waals surface area (Å²) in [6, 6.07) is 16.3. The topological polar surface area (TPSA) is 32.3 Å². The lowest BCUT2D eigenvalue weighted by Crippen LogP contribution is -2.17. The van der Waals surface area contributed by atoms with Gasteiger partial charge in [0, 0.05) is 22.8 Å². The van der Waals surface area contributed by atoms with E-state index in [1.54, 1.807) is 0 Å². The second-order valence-electron chi connectivity index (χ2n) is 5.65. The molecule has 2 aromatic carbocycles. The van der Waals surface area contributed by atoms with Gasteiger partial charge < -0.3 is 10.2 Å². The highest BCUT2D eigenvalue weighted by Crippen LogP contribution is 2.34. The SMILES string of the molecule is CC/C(C)=C(\C)N(c1ccccc1)c1ccc(NC=O)cc1C. The van der Waals surface area contributed by atoms with Crippen molar-refractivity contribution in [3.05, 3.63) is 65.4 Å². The molecule has 0 aliphatic heterocycles. The van der Waals surface area contributed by atoms with Crippen molar-refractivity contribution in [2.45, 2.75) is 34.1 Å². The molecule has 2 aromatic rings. The summed E-state index contributed by atoms with van der Waals surface area (Å²) < 4.78 is 0. The second-order valence-corrected chi connectivity index (χ2v) is 5.65. The number of benzene rings is 2. The zero-order valence-corrected chi connectivity index (χ0v) is 14.3. The third kappa shape index (κ3) is 3.81. The van der Waals surface area contributed by atoms with Crippen LogP contribution >= 0.6 is 0 Å². The van der Waals surface area contributed by atoms with E-state index in [2.05, 4.69) is 68.2 Å². The summed E-state index contributed by atoms with van der Waals surface area (Å²) in [6.45, 7) is 8.56. The maximum atomic E-state index is 10.6. The van der Waals surface area contributed by atoms with Gasteiger partial charge in [-0.1, -0.05) is 30.7 Å². The highest BCUT2D eigenvalue weighted by Gasteiger charge is 2.15. The zero-order chi connectivity index (χ0) is 16.8. The Balaban J connectivity index is 2.57. The molecular weight excluding hydrogens is 284 g/mol. The maximum Gasteiger partial charge on any atom is 0.211 e. The van der Waals surface area contributed by atoms with E-state index in [1.807, 2.05) is 18.2 Å². The monoisotopic (exact) mass is 308 g/mol. The van der Waals surface area contributed by atoms with Gasteiger partial charge in [-0.05, 0) is 63.1 Å². The largest absolute Gasteiger partial charge is 0.329 e. The molecule has 0 saturated carbocycles. The van der Waals surface area contributed by atoms with Crippen LogP contribution < -0.4 is 10.2 Å². The van der Waals surface area contributed by atoms with Crippen molar-refractivity contribution in [3.63, 3.8) is 0 Å². The molecule has 0 fully saturated rings. The Labute approximate surface area is 138 Å². The van der Waals surface area contributed by atoms with Crippen molar-refractivity contribution < 1.29 is 4.79 Å². The van der Waals surface area contributed by atoms with Crippen molar-refractivity contribution in [2.75, 3.05) is 10.2 Å². The summed E-state index contributed by atoms with van der Waals surface area (Å²) in [5.41, 5.74) is 6.77. The number of nitrogens with one attached hydrogen (secondary N) is 1. The molecule has 0 spiro atoms. The van der Waals surface area contributed by atoms with Gasteiger partial charge in [-0.3, -0.25) is 4.79 Å². The highest BCUT2D eigenvalue weighted by molar-refractivity contribution is 5.77. The Kier molecular flexibility index (Phi) is 5.58. The number of rotatable bonds is 6. The van der Waals surface area contributed by atoms with Crippen molar-refractivity contribution in [1.82, 2.24) is 0 Å². The van der Waals surface area contributed by atoms with E-state index >= 15 is 0 Å². The molecule has 0 aromatic heterocycles. The van der Waals surface area contributed by atoms with Crippen LogP contribution in [-0.4, -0.2) is 6.41 Å². The standard InChI is InChI=1S/C20H24N2O/c1-5-15(2)17(4)22(19-9-7-6-8-10-19)20-12-11-18(21-14-23)13-16(20)3/h6-14H,5H2,1-4H3,(H,21,23)/b17-15+. The smallest absolute Gasteiger partial charge is 0.211 e. The molecule has 0 aliphatic rings. The zero-order valence-electron chi connectivity index (χ0n) is 14.3. The Morgan fingerprint density at radius 3 is 2.39 bits per heavy atom. The lowest BCUT2D eigenvalue weighted by atomic mass is 10.1. The molecule has 0 atom stereocenters. The molecule has 3 heteroatoms. The molecule has 0 unspecified atom stereocenters. The first-order valence-electron chi connectivity index (χ1n) is 7.90. The third-order valence-electron chi connectivity index (χ3n) is 4.16. The number of carbonyl (C=O) groups is 1. The Hall–Kier alpha value is -2.55. The molecule has 1 amide bonds. The average Bonchev–Trinajstić information content (AvgIpc) is 2.57. The van der Waals surface area contributed by atoms with E-state index in [9.17, 15) is 4.79 Å². The minimum atomic E-state index is 0.704. The fourth-order valence-corrected chi connectivity index (χ4v) is 2.60. The summed E-state index contributed by atoms with van der Waals surface area (Å²) in [5.74, 6) is 0. The van der Waals surface area contributed by atoms with E-state index in [1.165, 1.54) is 11.3 Å². The molecule has 0 radical (unpaired) electrons. The van der Waals surface area contributed by atoms with Crippen LogP contribution in [0.15, 0.2) is 59.8 Å². The molecule has 23 heavy (non-hydrogen) atoms. The molecule has 0 bridgehead atoms. The fraction of sp³-hybridized carbons (Fsp3) is 0.250. The molecular formula is C20H24N2O. The highest BCUT2D eigenvalue weighted by atomic mass is 16.1. The fourth-order valence-electron chi connectivity index (χ4n) is 2.60. The summed E-state index contributed by atoms with van der Waals surface area (Å²) in [7, 11) is 0. The van der Waals surface area contributed by atoms with Crippen LogP contribution in [0.2, 0.25) is 0 Å². The minimum absolute atomic E-state index is 0.704. The molecule has 0 heterocycles. The molecule has 120 valence electrons. The van der Waals surface area contributed by atoms with Crippen LogP contribution in [0.4, 0.5) is 17.1 Å². The van der Waals surface area contributed by atoms with Crippen molar-refractivity contribution in [1.29, 1.82) is 0 Å². The Bertz CT molecular complexity index is 705. The molecule has 0 aliphatic carbocycles. The van der Waals surface area contributed by atoms with Crippen LogP contribution in [0.5, 0.6) is 0 Å². The number of para-hydroxylation sites is 1. The van der Waals surface area contributed by atoms with Crippen LogP contribution in [0.25, 0.3) is 0 Å². The number of aryl methyl sites for hydroxylation is 1. The third-order valence-corrected chi connectivity index (χ3v) is 4.16. The first-order valence-corrected chi connectivity index (χ1v) is 7.90. The van der Waals surface area contributed by atoms with Gasteiger partial charge >= 0.3 is 0 Å². The van der Waals surface area contributed by atoms with E-state index in [0.717, 1.165) is 29.0 Å². The minimum Gasteiger partial charge on any atom is -0.329 e. The van der Waals surface area contributed by atoms with Gasteiger partial charge in [0.05, 0.1) is 0 Å². The van der Waals surface area contributed by atoms with Gasteiger partial charge in [-0.25, -0.2) is 0 Å². The van der Waals surface area contributed by atoms with Crippen LogP contribution in [0, 0.1) is 6.92 Å². The van der Waals surface area contributed by atoms with E-state index in [-0.39, 0.29) is 0 Å². The number of hydrogen-bond donors (Lipinski definition) is 1. The van der Waals surface area contributed by atoms with Gasteiger partial charge in [0.15, 0.2) is 0 Å². The van der Waals surface area contributed by atoms with Crippen molar-refractivity contribution >= 4 is 23.5 Å². The van der Waals surface area contributed by atoms with E-state index in [4.69, 9.17) is 0 Å². The van der Waals surface area contributed by atoms with Crippen LogP contribution in [0.3, 0.4) is 0 Å². The first-order chi connectivity index (χ1) is 11.1. The number of nitrogens with zero attached hydrogens (tertiary/aromatic N) is 1. The van der Waals surface area contributed by atoms with Crippen molar-refractivity contribution in [2.24, 2.45) is 0 Å². The van der Waals surface area contributed by atoms with E-state index < -0.39 is 0 Å². The number of allylic oxidation sites excluding steroid dienone is 2. The predicted molar refractivity (Wildman–Crippen MR) is 98.1 cm³/mol. The summed E-state index contributed by atoms with van der Waals surface area (Å²) in [4.78, 5) is 12.9. The van der Waals surface area contributed by atoms with Crippen LogP contribution in [0.1, 0.15) is 32.8 Å². The summed E-state index contributed by atoms with van der Waals surface area (Å²) in [6.07, 6.45) is 1.72. The first kappa shape index (κ1) is 16.8. The average molecular weight is 308 g/mol. The van der Waals surface area contributed by atoms with Gasteiger partial charge in [-0.15, -0.1) is 0 Å². The molecule has 1 N–H and O–H groups in total. The maximum absolute atomic E-state index is 10.6. The normalized spacial score (nSPS) is 11.7. The van der Waals surface area contributed by atoms with Gasteiger partial charge in [0.25, 0.3) is 0 Å². The van der Waals surface area contributed by atoms with Gasteiger partial charge in [0.2, 0.25) is 6.41 Å². The van der Waals surface area contributed by atoms with Crippen LogP contribution in [-0.2, 0) is 4.79 Å². The molecule has 3 nitrogen and oxygen atoms in total. The molecule has 2 rings (SSSR count). The molecule has 0 saturated heterocycles. The number of anilines is 3. The Morgan fingerprint density at radius 1 is 1.13 bits per heavy atom. The van der Waals surface area contributed by atoms with Gasteiger partial charge in [0.1, 0.15) is 0 Å². The quantitative estimate of drug-likeness (QED) is 0.724. The predicted octanol–water partition coefficient (Wildman–Crippen LogP) is 5.41. The van der Waals surface area contributed by atoms with Crippen molar-refractivity contribution in [3.8, 4) is 0 Å². The number of hydrogen-bond acceptors (Lipinski definition) is 2. The summed E-state index contributed by atoms with van der Waals surface area (Å²) in [5, 5.41) is 2.71. The Morgan fingerprint density at radius 2 is 1.83 bits per heavy atom. The second kappa shape index (κ2) is 7.63. The number of carbonyl (C=O) groups excluding carboxylic acids is 1. The lowest BCUT2D eigenvalue weighted by Gasteiger charge is -2.29. The van der Waals surface area contributed by atoms with Gasteiger partial charge in [-0.2, -0.15) is 0 Å². The lowest BCUT2D eigenvalue weighted by molar-refractivity contribution is -0.105.